The molecule has 1 heterocycles. The highest BCUT2D eigenvalue weighted by Crippen LogP contribution is 2.34. The lowest BCUT2D eigenvalue weighted by molar-refractivity contribution is -0.0932. The van der Waals surface area contributed by atoms with Gasteiger partial charge in [0.15, 0.2) is 0 Å². The Kier molecular flexibility index (Phi) is 3.50. The molecule has 20 heavy (non-hydrogen) atoms. The predicted molar refractivity (Wildman–Crippen MR) is 74.1 cm³/mol. The molecule has 0 saturated carbocycles. The molecule has 1 saturated heterocycles. The minimum absolute atomic E-state index is 0.0185. The number of nitrogen functional groups attached to an aromatic ring is 1. The van der Waals surface area contributed by atoms with Crippen LogP contribution in [0.2, 0.25) is 0 Å². The summed E-state index contributed by atoms with van der Waals surface area (Å²) in [6.07, 6.45) is 0. The maximum absolute atomic E-state index is 12.4. The van der Waals surface area contributed by atoms with Crippen molar-refractivity contribution in [2.75, 3.05) is 18.8 Å². The number of nitrogens with zero attached hydrogens (tertiary/aromatic N) is 2. The molecule has 0 spiro atoms. The van der Waals surface area contributed by atoms with Gasteiger partial charge in [-0.25, -0.2) is 8.42 Å². The van der Waals surface area contributed by atoms with Gasteiger partial charge in [-0.3, -0.25) is 0 Å². The van der Waals surface area contributed by atoms with Crippen LogP contribution < -0.4 is 5.73 Å². The van der Waals surface area contributed by atoms with Crippen LogP contribution in [0.15, 0.2) is 23.1 Å². The second kappa shape index (κ2) is 4.74. The second-order valence-corrected chi connectivity index (χ2v) is 7.31. The monoisotopic (exact) mass is 295 g/mol. The van der Waals surface area contributed by atoms with Gasteiger partial charge >= 0.3 is 0 Å². The van der Waals surface area contributed by atoms with Gasteiger partial charge in [0.25, 0.3) is 0 Å². The minimum atomic E-state index is -3.77. The van der Waals surface area contributed by atoms with E-state index in [-0.39, 0.29) is 29.5 Å². The van der Waals surface area contributed by atoms with E-state index in [1.54, 1.807) is 0 Å². The number of anilines is 1. The van der Waals surface area contributed by atoms with Gasteiger partial charge in [0.2, 0.25) is 10.0 Å². The van der Waals surface area contributed by atoms with Gasteiger partial charge in [0, 0.05) is 18.8 Å². The van der Waals surface area contributed by atoms with Gasteiger partial charge in [0.05, 0.1) is 11.2 Å². The summed E-state index contributed by atoms with van der Waals surface area (Å²) >= 11 is 0. The smallest absolute Gasteiger partial charge is 0.244 e. The summed E-state index contributed by atoms with van der Waals surface area (Å²) in [5.74, 6) is -0.0317. The summed E-state index contributed by atoms with van der Waals surface area (Å²) in [6.45, 7) is 3.77. The molecule has 1 fully saturated rings. The third kappa shape index (κ3) is 2.26. The zero-order valence-corrected chi connectivity index (χ0v) is 12.2. The predicted octanol–water partition coefficient (Wildman–Crippen LogP) is 0.532. The van der Waals surface area contributed by atoms with E-state index in [1.807, 2.05) is 19.9 Å². The van der Waals surface area contributed by atoms with E-state index in [0.29, 0.717) is 5.69 Å². The number of nitriles is 1. The highest BCUT2D eigenvalue weighted by molar-refractivity contribution is 7.89. The summed E-state index contributed by atoms with van der Waals surface area (Å²) in [5, 5.41) is 19.2. The normalized spacial score (nSPS) is 18.6. The van der Waals surface area contributed by atoms with E-state index in [2.05, 4.69) is 0 Å². The summed E-state index contributed by atoms with van der Waals surface area (Å²) in [5.41, 5.74) is 4.91. The number of β-amino-alcohol motifs (C(OH)–C–C–N with tert-alkyl or cyclic N) is 1. The molecule has 6 nitrogen and oxygen atoms in total. The summed E-state index contributed by atoms with van der Waals surface area (Å²) in [7, 11) is -3.77. The van der Waals surface area contributed by atoms with Crippen LogP contribution in [0, 0.1) is 17.2 Å². The zero-order chi connectivity index (χ0) is 15.1. The number of benzene rings is 1. The molecule has 7 heteroatoms. The van der Waals surface area contributed by atoms with Crippen LogP contribution >= 0.6 is 0 Å². The highest BCUT2D eigenvalue weighted by atomic mass is 32.2. The standard InChI is InChI=1S/C13H17N3O3S/c1-9(2)13(17)7-16(8-13)20(18,19)12-4-3-11(15)5-10(12)6-14/h3-5,9,17H,7-8,15H2,1-2H3. The molecular formula is C13H17N3O3S. The fourth-order valence-electron chi connectivity index (χ4n) is 2.10. The van der Waals surface area contributed by atoms with E-state index < -0.39 is 15.6 Å². The molecule has 108 valence electrons. The van der Waals surface area contributed by atoms with Gasteiger partial charge in [-0.1, -0.05) is 13.8 Å². The molecule has 0 aliphatic carbocycles. The Labute approximate surface area is 118 Å². The van der Waals surface area contributed by atoms with Gasteiger partial charge in [-0.2, -0.15) is 9.57 Å². The van der Waals surface area contributed by atoms with Crippen LogP contribution in [0.1, 0.15) is 19.4 Å². The molecule has 1 aliphatic heterocycles. The van der Waals surface area contributed by atoms with Crippen LogP contribution in [-0.2, 0) is 10.0 Å². The van der Waals surface area contributed by atoms with Crippen LogP contribution in [0.5, 0.6) is 0 Å². The van der Waals surface area contributed by atoms with Crippen molar-refractivity contribution >= 4 is 15.7 Å². The lowest BCUT2D eigenvalue weighted by atomic mass is 9.85. The Morgan fingerprint density at radius 3 is 2.55 bits per heavy atom. The van der Waals surface area contributed by atoms with Gasteiger partial charge < -0.3 is 10.8 Å². The van der Waals surface area contributed by atoms with Crippen LogP contribution in [-0.4, -0.2) is 36.5 Å². The molecule has 3 N–H and O–H groups in total. The molecule has 1 aromatic carbocycles. The van der Waals surface area contributed by atoms with Crippen molar-refractivity contribution in [2.45, 2.75) is 24.3 Å². The average molecular weight is 295 g/mol. The van der Waals surface area contributed by atoms with Crippen molar-refractivity contribution in [2.24, 2.45) is 5.92 Å². The number of sulfonamides is 1. The minimum Gasteiger partial charge on any atom is -0.399 e. The first-order chi connectivity index (χ1) is 9.20. The maximum Gasteiger partial charge on any atom is 0.244 e. The molecule has 1 aliphatic rings. The lowest BCUT2D eigenvalue weighted by Crippen LogP contribution is -2.65. The maximum atomic E-state index is 12.4. The van der Waals surface area contributed by atoms with Crippen molar-refractivity contribution in [1.29, 1.82) is 5.26 Å². The lowest BCUT2D eigenvalue weighted by Gasteiger charge is -2.47. The summed E-state index contributed by atoms with van der Waals surface area (Å²) in [4.78, 5) is -0.0694. The third-order valence-corrected chi connectivity index (χ3v) is 5.57. The highest BCUT2D eigenvalue weighted by Gasteiger charge is 2.49. The number of hydrogen-bond acceptors (Lipinski definition) is 5. The van der Waals surface area contributed by atoms with Gasteiger partial charge in [-0.15, -0.1) is 0 Å². The third-order valence-electron chi connectivity index (χ3n) is 3.72. The Balaban J connectivity index is 2.33. The molecule has 0 atom stereocenters. The van der Waals surface area contributed by atoms with E-state index >= 15 is 0 Å². The summed E-state index contributed by atoms with van der Waals surface area (Å²) in [6, 6.07) is 5.95. The average Bonchev–Trinajstić information content (AvgIpc) is 2.33. The van der Waals surface area contributed by atoms with E-state index in [4.69, 9.17) is 11.0 Å². The number of aliphatic hydroxyl groups is 1. The van der Waals surface area contributed by atoms with Crippen LogP contribution in [0.25, 0.3) is 0 Å². The second-order valence-electron chi connectivity index (χ2n) is 5.40. The molecule has 0 amide bonds. The quantitative estimate of drug-likeness (QED) is 0.791. The molecule has 0 bridgehead atoms. The summed E-state index contributed by atoms with van der Waals surface area (Å²) < 4.78 is 26.1. The topological polar surface area (TPSA) is 107 Å². The van der Waals surface area contributed by atoms with E-state index in [1.165, 1.54) is 22.5 Å². The van der Waals surface area contributed by atoms with Crippen LogP contribution in [0.4, 0.5) is 5.69 Å². The van der Waals surface area contributed by atoms with Crippen molar-refractivity contribution in [3.8, 4) is 6.07 Å². The van der Waals surface area contributed by atoms with E-state index in [0.717, 1.165) is 0 Å². The first-order valence-electron chi connectivity index (χ1n) is 6.23. The zero-order valence-electron chi connectivity index (χ0n) is 11.4. The largest absolute Gasteiger partial charge is 0.399 e. The molecule has 0 aromatic heterocycles. The fraction of sp³-hybridized carbons (Fsp3) is 0.462. The molecular weight excluding hydrogens is 278 g/mol. The van der Waals surface area contributed by atoms with Gasteiger partial charge in [-0.05, 0) is 24.1 Å². The first-order valence-corrected chi connectivity index (χ1v) is 7.67. The van der Waals surface area contributed by atoms with Crippen LogP contribution in [0.3, 0.4) is 0 Å². The number of hydrogen-bond donors (Lipinski definition) is 2. The number of rotatable bonds is 3. The Bertz CT molecular complexity index is 671. The first kappa shape index (κ1) is 14.8. The molecule has 1 aromatic rings. The Morgan fingerprint density at radius 1 is 1.45 bits per heavy atom. The Hall–Kier alpha value is -1.62. The van der Waals surface area contributed by atoms with Gasteiger partial charge in [0.1, 0.15) is 11.0 Å². The fourth-order valence-corrected chi connectivity index (χ4v) is 3.79. The molecule has 2 rings (SSSR count). The van der Waals surface area contributed by atoms with Crippen molar-refractivity contribution in [1.82, 2.24) is 4.31 Å². The Morgan fingerprint density at radius 2 is 2.05 bits per heavy atom. The molecule has 0 radical (unpaired) electrons. The SMILES string of the molecule is CC(C)C1(O)CN(S(=O)(=O)c2ccc(N)cc2C#N)C1. The van der Waals surface area contributed by atoms with E-state index in [9.17, 15) is 13.5 Å². The van der Waals surface area contributed by atoms with Crippen molar-refractivity contribution in [3.63, 3.8) is 0 Å². The number of nitrogens with two attached hydrogens (primary N) is 1. The van der Waals surface area contributed by atoms with Crippen molar-refractivity contribution in [3.05, 3.63) is 23.8 Å². The molecule has 0 unspecified atom stereocenters. The van der Waals surface area contributed by atoms with Crippen molar-refractivity contribution < 1.29 is 13.5 Å².